The summed E-state index contributed by atoms with van der Waals surface area (Å²) in [5.41, 5.74) is 18.3. The fraction of sp³-hybridized carbons (Fsp3) is 0.270. The third-order valence-corrected chi connectivity index (χ3v) is 7.66. The minimum absolute atomic E-state index is 0.532. The molecule has 212 valence electrons. The lowest BCUT2D eigenvalue weighted by molar-refractivity contribution is -0.160. The van der Waals surface area contributed by atoms with Gasteiger partial charge in [0.05, 0.1) is 5.60 Å². The second kappa shape index (κ2) is 11.8. The molecule has 4 aromatic carbocycles. The van der Waals surface area contributed by atoms with Gasteiger partial charge >= 0.3 is 5.97 Å². The molecule has 0 aromatic heterocycles. The summed E-state index contributed by atoms with van der Waals surface area (Å²) in [5.74, 6) is -1.06. The number of rotatable bonds is 7. The van der Waals surface area contributed by atoms with E-state index >= 15 is 0 Å². The summed E-state index contributed by atoms with van der Waals surface area (Å²) >= 11 is 0. The van der Waals surface area contributed by atoms with Crippen LogP contribution >= 0.6 is 0 Å². The second-order valence-electron chi connectivity index (χ2n) is 11.9. The topological polar surface area (TPSA) is 72.5 Å². The van der Waals surface area contributed by atoms with Gasteiger partial charge in [0.1, 0.15) is 0 Å². The van der Waals surface area contributed by atoms with Gasteiger partial charge in [-0.05, 0) is 105 Å². The molecule has 0 saturated heterocycles. The van der Waals surface area contributed by atoms with E-state index < -0.39 is 17.7 Å². The smallest absolute Gasteiger partial charge is 0.337 e. The Balaban J connectivity index is 2.19. The number of ether oxygens (including phenoxy) is 1. The second-order valence-corrected chi connectivity index (χ2v) is 11.9. The van der Waals surface area contributed by atoms with E-state index in [4.69, 9.17) is 10.5 Å². The summed E-state index contributed by atoms with van der Waals surface area (Å²) in [7, 11) is 0. The number of carboxylic acid groups (broad SMARTS) is 1. The van der Waals surface area contributed by atoms with Crippen molar-refractivity contribution in [2.75, 3.05) is 5.73 Å². The van der Waals surface area contributed by atoms with Crippen LogP contribution in [0, 0.1) is 34.6 Å². The molecule has 0 heterocycles. The fourth-order valence-electron chi connectivity index (χ4n) is 5.26. The number of anilines is 1. The molecule has 0 spiro atoms. The molecular formula is C37H41NO3. The van der Waals surface area contributed by atoms with Gasteiger partial charge in [0.2, 0.25) is 0 Å². The average Bonchev–Trinajstić information content (AvgIpc) is 2.90. The summed E-state index contributed by atoms with van der Waals surface area (Å²) in [6.07, 6.45) is 2.68. The summed E-state index contributed by atoms with van der Waals surface area (Å²) in [4.78, 5) is 13.0. The number of hydrogen-bond acceptors (Lipinski definition) is 3. The molecule has 0 radical (unpaired) electrons. The highest BCUT2D eigenvalue weighted by Crippen LogP contribution is 2.47. The Morgan fingerprint density at radius 1 is 0.780 bits per heavy atom. The number of nitrogen functional groups attached to an aromatic ring is 1. The van der Waals surface area contributed by atoms with Crippen molar-refractivity contribution in [1.29, 1.82) is 0 Å². The molecule has 0 saturated carbocycles. The van der Waals surface area contributed by atoms with Crippen LogP contribution in [0.5, 0.6) is 0 Å². The molecule has 0 amide bonds. The standard InChI is InChI=1S/C37H41NO3/c1-22-14-17-28(20-24(22)3)31-26(5)32(29-18-15-23(2)25(4)21-29)34(38)30(19-16-27-12-10-9-11-13-27)33(31)35(36(39)40)41-37(6,7)8/h9-21,35H,38H2,1-8H3,(H,39,40)/b19-16+. The first-order valence-corrected chi connectivity index (χ1v) is 14.0. The molecule has 1 atom stereocenters. The van der Waals surface area contributed by atoms with Crippen LogP contribution in [0.25, 0.3) is 34.4 Å². The maximum Gasteiger partial charge on any atom is 0.337 e. The van der Waals surface area contributed by atoms with E-state index in [1.807, 2.05) is 70.2 Å². The lowest BCUT2D eigenvalue weighted by Gasteiger charge is -2.30. The molecule has 4 aromatic rings. The van der Waals surface area contributed by atoms with Gasteiger partial charge in [0.15, 0.2) is 6.10 Å². The minimum atomic E-state index is -1.24. The molecule has 0 aliphatic heterocycles. The third-order valence-electron chi connectivity index (χ3n) is 7.66. The summed E-state index contributed by atoms with van der Waals surface area (Å²) in [6, 6.07) is 22.6. The first-order valence-electron chi connectivity index (χ1n) is 14.0. The van der Waals surface area contributed by atoms with E-state index in [0.29, 0.717) is 16.8 Å². The van der Waals surface area contributed by atoms with Crippen molar-refractivity contribution in [3.8, 4) is 22.3 Å². The molecule has 4 rings (SSSR count). The Bertz CT molecular complexity index is 1620. The van der Waals surface area contributed by atoms with Gasteiger partial charge in [-0.15, -0.1) is 0 Å². The van der Waals surface area contributed by atoms with Gasteiger partial charge in [-0.1, -0.05) is 78.9 Å². The number of carboxylic acids is 1. The van der Waals surface area contributed by atoms with E-state index in [-0.39, 0.29) is 0 Å². The molecule has 0 aliphatic carbocycles. The maximum absolute atomic E-state index is 13.0. The zero-order valence-corrected chi connectivity index (χ0v) is 25.4. The van der Waals surface area contributed by atoms with E-state index in [1.165, 1.54) is 16.7 Å². The number of aliphatic carboxylic acids is 1. The zero-order chi connectivity index (χ0) is 30.1. The Morgan fingerprint density at radius 2 is 1.32 bits per heavy atom. The molecule has 3 N–H and O–H groups in total. The van der Waals surface area contributed by atoms with Gasteiger partial charge in [-0.2, -0.15) is 0 Å². The van der Waals surface area contributed by atoms with Crippen molar-refractivity contribution in [3.63, 3.8) is 0 Å². The normalized spacial score (nSPS) is 12.6. The van der Waals surface area contributed by atoms with Crippen LogP contribution in [0.3, 0.4) is 0 Å². The molecule has 0 fully saturated rings. The monoisotopic (exact) mass is 547 g/mol. The fourth-order valence-corrected chi connectivity index (χ4v) is 5.26. The molecule has 4 nitrogen and oxygen atoms in total. The first-order chi connectivity index (χ1) is 19.3. The van der Waals surface area contributed by atoms with Crippen LogP contribution in [0.1, 0.15) is 71.4 Å². The lowest BCUT2D eigenvalue weighted by Crippen LogP contribution is -2.28. The highest BCUT2D eigenvalue weighted by atomic mass is 16.5. The van der Waals surface area contributed by atoms with Crippen molar-refractivity contribution in [2.45, 2.75) is 67.1 Å². The Labute approximate surface area is 244 Å². The lowest BCUT2D eigenvalue weighted by atomic mass is 9.81. The summed E-state index contributed by atoms with van der Waals surface area (Å²) in [6.45, 7) is 16.0. The Hall–Kier alpha value is -4.15. The van der Waals surface area contributed by atoms with Crippen LogP contribution in [0.4, 0.5) is 5.69 Å². The van der Waals surface area contributed by atoms with Crippen molar-refractivity contribution in [1.82, 2.24) is 0 Å². The number of nitrogens with two attached hydrogens (primary N) is 1. The molecule has 41 heavy (non-hydrogen) atoms. The molecular weight excluding hydrogens is 506 g/mol. The number of carbonyl (C=O) groups is 1. The summed E-state index contributed by atoms with van der Waals surface area (Å²) < 4.78 is 6.30. The van der Waals surface area contributed by atoms with Gasteiger partial charge in [-0.25, -0.2) is 4.79 Å². The van der Waals surface area contributed by atoms with Gasteiger partial charge in [0, 0.05) is 22.4 Å². The van der Waals surface area contributed by atoms with Crippen molar-refractivity contribution in [3.05, 3.63) is 111 Å². The highest BCUT2D eigenvalue weighted by molar-refractivity contribution is 5.98. The van der Waals surface area contributed by atoms with Crippen molar-refractivity contribution in [2.24, 2.45) is 0 Å². The minimum Gasteiger partial charge on any atom is -0.479 e. The maximum atomic E-state index is 13.0. The highest BCUT2D eigenvalue weighted by Gasteiger charge is 2.34. The molecule has 0 aliphatic rings. The predicted octanol–water partition coefficient (Wildman–Crippen LogP) is 9.26. The first kappa shape index (κ1) is 29.8. The average molecular weight is 548 g/mol. The number of aryl methyl sites for hydroxylation is 4. The third kappa shape index (κ3) is 6.44. The Kier molecular flexibility index (Phi) is 8.55. The van der Waals surface area contributed by atoms with E-state index in [1.54, 1.807) is 0 Å². The number of benzene rings is 4. The summed E-state index contributed by atoms with van der Waals surface area (Å²) in [5, 5.41) is 10.6. The zero-order valence-electron chi connectivity index (χ0n) is 25.4. The van der Waals surface area contributed by atoms with Crippen LogP contribution in [0.15, 0.2) is 66.7 Å². The largest absolute Gasteiger partial charge is 0.479 e. The van der Waals surface area contributed by atoms with E-state index in [0.717, 1.165) is 38.9 Å². The quantitative estimate of drug-likeness (QED) is 0.179. The van der Waals surface area contributed by atoms with Crippen LogP contribution < -0.4 is 5.73 Å². The number of hydrogen-bond donors (Lipinski definition) is 2. The van der Waals surface area contributed by atoms with Crippen LogP contribution in [-0.2, 0) is 9.53 Å². The van der Waals surface area contributed by atoms with Crippen molar-refractivity contribution >= 4 is 23.8 Å². The predicted molar refractivity (Wildman–Crippen MR) is 172 cm³/mol. The van der Waals surface area contributed by atoms with E-state index in [9.17, 15) is 9.90 Å². The molecule has 0 bridgehead atoms. The Morgan fingerprint density at radius 3 is 1.80 bits per heavy atom. The molecule has 4 heteroatoms. The van der Waals surface area contributed by atoms with Gasteiger partial charge in [0.25, 0.3) is 0 Å². The van der Waals surface area contributed by atoms with Gasteiger partial charge < -0.3 is 15.6 Å². The SMILES string of the molecule is Cc1ccc(-c2c(C)c(-c3ccc(C)c(C)c3)c(C(OC(C)(C)C)C(=O)O)c(/C=C/c3ccccc3)c2N)cc1C. The van der Waals surface area contributed by atoms with Crippen molar-refractivity contribution < 1.29 is 14.6 Å². The van der Waals surface area contributed by atoms with Gasteiger partial charge in [-0.3, -0.25) is 0 Å². The molecule has 1 unspecified atom stereocenters. The van der Waals surface area contributed by atoms with E-state index in [2.05, 4.69) is 64.1 Å². The van der Waals surface area contributed by atoms with Crippen LogP contribution in [-0.4, -0.2) is 16.7 Å². The van der Waals surface area contributed by atoms with Crippen LogP contribution in [0.2, 0.25) is 0 Å².